The summed E-state index contributed by atoms with van der Waals surface area (Å²) in [6.45, 7) is 8.87. The maximum atomic E-state index is 13.8. The topological polar surface area (TPSA) is 78.9 Å². The molecule has 1 heterocycles. The highest BCUT2D eigenvalue weighted by Crippen LogP contribution is 2.53. The summed E-state index contributed by atoms with van der Waals surface area (Å²) >= 11 is 6.20. The Morgan fingerprint density at radius 2 is 1.82 bits per heavy atom. The van der Waals surface area contributed by atoms with Crippen LogP contribution in [0.3, 0.4) is 0 Å². The van der Waals surface area contributed by atoms with E-state index in [1.54, 1.807) is 19.2 Å². The molecule has 2 N–H and O–H groups in total. The van der Waals surface area contributed by atoms with E-state index in [1.165, 1.54) is 0 Å². The van der Waals surface area contributed by atoms with Gasteiger partial charge in [-0.1, -0.05) is 58.2 Å². The zero-order valence-electron chi connectivity index (χ0n) is 20.4. The van der Waals surface area contributed by atoms with E-state index in [1.807, 2.05) is 38.7 Å². The predicted octanol–water partition coefficient (Wildman–Crippen LogP) is 4.13. The lowest BCUT2D eigenvalue weighted by Gasteiger charge is -2.51. The monoisotopic (exact) mass is 476 g/mol. The van der Waals surface area contributed by atoms with E-state index in [0.717, 1.165) is 31.2 Å². The van der Waals surface area contributed by atoms with Gasteiger partial charge >= 0.3 is 0 Å². The molecule has 2 aliphatic carbocycles. The Morgan fingerprint density at radius 1 is 1.18 bits per heavy atom. The first-order chi connectivity index (χ1) is 15.5. The molecule has 1 aliphatic heterocycles. The van der Waals surface area contributed by atoms with Crippen molar-refractivity contribution in [1.29, 1.82) is 0 Å². The third kappa shape index (κ3) is 3.83. The smallest absolute Gasteiger partial charge is 0.248 e. The lowest BCUT2D eigenvalue weighted by atomic mass is 9.66. The van der Waals surface area contributed by atoms with Crippen molar-refractivity contribution in [2.24, 2.45) is 23.2 Å². The van der Waals surface area contributed by atoms with Crippen molar-refractivity contribution in [3.63, 3.8) is 0 Å². The Morgan fingerprint density at radius 3 is 2.36 bits per heavy atom. The molecule has 2 amide bonds. The zero-order valence-corrected chi connectivity index (χ0v) is 21.2. The minimum absolute atomic E-state index is 0.0161. The van der Waals surface area contributed by atoms with Gasteiger partial charge < -0.3 is 20.1 Å². The SMILES string of the molecule is COc1cc(C2(O)CCN(C(=O)C3(NC(=O)C4CCCC4)C(C)C3C)CC2(C)C)ccc1Cl. The number of carbonyl (C=O) groups excluding carboxylic acids is 2. The second-order valence-electron chi connectivity index (χ2n) is 11.0. The van der Waals surface area contributed by atoms with Gasteiger partial charge in [0.05, 0.1) is 17.7 Å². The molecule has 6 nitrogen and oxygen atoms in total. The molecule has 4 rings (SSSR count). The van der Waals surface area contributed by atoms with Crippen molar-refractivity contribution in [2.75, 3.05) is 20.2 Å². The molecule has 3 unspecified atom stereocenters. The number of rotatable bonds is 5. The summed E-state index contributed by atoms with van der Waals surface area (Å²) in [6, 6.07) is 5.36. The minimum Gasteiger partial charge on any atom is -0.495 e. The molecule has 7 heteroatoms. The summed E-state index contributed by atoms with van der Waals surface area (Å²) in [5.74, 6) is 0.749. The number of likely N-dealkylation sites (tertiary alicyclic amines) is 1. The van der Waals surface area contributed by atoms with Gasteiger partial charge in [-0.3, -0.25) is 9.59 Å². The molecule has 0 radical (unpaired) electrons. The van der Waals surface area contributed by atoms with Crippen molar-refractivity contribution in [2.45, 2.75) is 70.9 Å². The number of nitrogens with zero attached hydrogens (tertiary/aromatic N) is 1. The van der Waals surface area contributed by atoms with E-state index in [0.29, 0.717) is 30.3 Å². The van der Waals surface area contributed by atoms with E-state index in [-0.39, 0.29) is 29.6 Å². The third-order valence-corrected chi connectivity index (χ3v) is 9.16. The molecule has 3 fully saturated rings. The van der Waals surface area contributed by atoms with E-state index in [2.05, 4.69) is 5.32 Å². The van der Waals surface area contributed by atoms with Crippen LogP contribution in [-0.4, -0.2) is 47.6 Å². The van der Waals surface area contributed by atoms with Crippen LogP contribution in [0.5, 0.6) is 5.75 Å². The van der Waals surface area contributed by atoms with Crippen LogP contribution in [0, 0.1) is 23.2 Å². The van der Waals surface area contributed by atoms with Crippen molar-refractivity contribution in [3.05, 3.63) is 28.8 Å². The largest absolute Gasteiger partial charge is 0.495 e. The number of aliphatic hydroxyl groups is 1. The fourth-order valence-electron chi connectivity index (χ4n) is 6.15. The summed E-state index contributed by atoms with van der Waals surface area (Å²) < 4.78 is 5.36. The predicted molar refractivity (Wildman–Crippen MR) is 128 cm³/mol. The summed E-state index contributed by atoms with van der Waals surface area (Å²) in [6.07, 6.45) is 4.38. The Bertz CT molecular complexity index is 934. The number of hydrogen-bond donors (Lipinski definition) is 2. The minimum atomic E-state index is -1.14. The maximum Gasteiger partial charge on any atom is 0.248 e. The average Bonchev–Trinajstić information content (AvgIpc) is 3.16. The van der Waals surface area contributed by atoms with Gasteiger partial charge in [-0.05, 0) is 48.8 Å². The number of piperidine rings is 1. The first-order valence-electron chi connectivity index (χ1n) is 12.2. The molecule has 3 atom stereocenters. The van der Waals surface area contributed by atoms with Gasteiger partial charge in [-0.25, -0.2) is 0 Å². The highest BCUT2D eigenvalue weighted by molar-refractivity contribution is 6.32. The van der Waals surface area contributed by atoms with Crippen molar-refractivity contribution < 1.29 is 19.4 Å². The summed E-state index contributed by atoms with van der Waals surface area (Å²) in [4.78, 5) is 28.6. The molecule has 0 spiro atoms. The number of nitrogens with one attached hydrogen (secondary N) is 1. The fourth-order valence-corrected chi connectivity index (χ4v) is 6.34. The van der Waals surface area contributed by atoms with Gasteiger partial charge in [-0.2, -0.15) is 0 Å². The lowest BCUT2D eigenvalue weighted by molar-refractivity contribution is -0.157. The van der Waals surface area contributed by atoms with Gasteiger partial charge in [0.25, 0.3) is 0 Å². The Labute approximate surface area is 202 Å². The maximum absolute atomic E-state index is 13.8. The van der Waals surface area contributed by atoms with Crippen LogP contribution in [0.1, 0.15) is 65.4 Å². The highest BCUT2D eigenvalue weighted by atomic mass is 35.5. The molecule has 33 heavy (non-hydrogen) atoms. The van der Waals surface area contributed by atoms with E-state index in [9.17, 15) is 14.7 Å². The lowest BCUT2D eigenvalue weighted by Crippen LogP contribution is -2.61. The quantitative estimate of drug-likeness (QED) is 0.669. The summed E-state index contributed by atoms with van der Waals surface area (Å²) in [5, 5.41) is 15.5. The Kier molecular flexibility index (Phi) is 6.24. The van der Waals surface area contributed by atoms with Crippen molar-refractivity contribution >= 4 is 23.4 Å². The molecule has 0 bridgehead atoms. The molecular formula is C26H37ClN2O4. The van der Waals surface area contributed by atoms with Crippen LogP contribution in [0.25, 0.3) is 0 Å². The van der Waals surface area contributed by atoms with Crippen LogP contribution in [0.4, 0.5) is 0 Å². The van der Waals surface area contributed by atoms with Crippen LogP contribution in [0.2, 0.25) is 5.02 Å². The van der Waals surface area contributed by atoms with Crippen LogP contribution in [-0.2, 0) is 15.2 Å². The Balaban J connectivity index is 1.54. The van der Waals surface area contributed by atoms with Crippen LogP contribution < -0.4 is 10.1 Å². The zero-order chi connectivity index (χ0) is 24.2. The summed E-state index contributed by atoms with van der Waals surface area (Å²) in [7, 11) is 1.55. The molecule has 3 aliphatic rings. The first kappa shape index (κ1) is 24.3. The second kappa shape index (κ2) is 8.46. The third-order valence-electron chi connectivity index (χ3n) is 8.85. The highest BCUT2D eigenvalue weighted by Gasteiger charge is 2.67. The molecule has 1 aromatic carbocycles. The number of benzene rings is 1. The molecule has 182 valence electrons. The number of halogens is 1. The van der Waals surface area contributed by atoms with E-state index >= 15 is 0 Å². The van der Waals surface area contributed by atoms with Gasteiger partial charge in [-0.15, -0.1) is 0 Å². The summed E-state index contributed by atoms with van der Waals surface area (Å²) in [5.41, 5.74) is -1.84. The Hall–Kier alpha value is -1.79. The van der Waals surface area contributed by atoms with Crippen molar-refractivity contribution in [3.8, 4) is 5.75 Å². The number of amides is 2. The molecule has 0 aromatic heterocycles. The fraction of sp³-hybridized carbons (Fsp3) is 0.692. The standard InChI is InChI=1S/C26H37ClN2O4/c1-16-17(2)26(16,28-22(30)18-8-6-7-9-18)23(31)29-13-12-25(32,24(3,4)15-29)19-10-11-20(27)21(14-19)33-5/h10-11,14,16-18,32H,6-9,12-13,15H2,1-5H3,(H,28,30). The number of ether oxygens (including phenoxy) is 1. The van der Waals surface area contributed by atoms with Gasteiger partial charge in [0, 0.05) is 24.4 Å². The molecule has 1 saturated heterocycles. The van der Waals surface area contributed by atoms with Gasteiger partial charge in [0.1, 0.15) is 11.3 Å². The van der Waals surface area contributed by atoms with Crippen LogP contribution in [0.15, 0.2) is 18.2 Å². The molecular weight excluding hydrogens is 440 g/mol. The van der Waals surface area contributed by atoms with Crippen LogP contribution >= 0.6 is 11.6 Å². The number of methoxy groups -OCH3 is 1. The number of hydrogen-bond acceptors (Lipinski definition) is 4. The van der Waals surface area contributed by atoms with Crippen molar-refractivity contribution in [1.82, 2.24) is 10.2 Å². The average molecular weight is 477 g/mol. The molecule has 2 saturated carbocycles. The molecule has 1 aromatic rings. The second-order valence-corrected chi connectivity index (χ2v) is 11.4. The van der Waals surface area contributed by atoms with Gasteiger partial charge in [0.15, 0.2) is 0 Å². The van der Waals surface area contributed by atoms with E-state index in [4.69, 9.17) is 16.3 Å². The normalized spacial score (nSPS) is 33.6. The van der Waals surface area contributed by atoms with Gasteiger partial charge in [0.2, 0.25) is 11.8 Å². The number of carbonyl (C=O) groups is 2. The first-order valence-corrected chi connectivity index (χ1v) is 12.5. The van der Waals surface area contributed by atoms with E-state index < -0.39 is 16.6 Å².